The van der Waals surface area contributed by atoms with E-state index in [0.717, 1.165) is 19.3 Å². The van der Waals surface area contributed by atoms with E-state index in [1.165, 1.54) is 20.6 Å². The number of sulfonamides is 1. The fraction of sp³-hybridized carbons (Fsp3) is 0.292. The highest BCUT2D eigenvalue weighted by molar-refractivity contribution is 7.92. The molecule has 1 aliphatic heterocycles. The Bertz CT molecular complexity index is 1140. The summed E-state index contributed by atoms with van der Waals surface area (Å²) in [7, 11) is -3.24. The Labute approximate surface area is 177 Å². The lowest BCUT2D eigenvalue weighted by molar-refractivity contribution is 0.0953. The molecule has 6 heteroatoms. The van der Waals surface area contributed by atoms with Crippen molar-refractivity contribution in [3.05, 3.63) is 77.9 Å². The molecule has 156 valence electrons. The number of benzene rings is 3. The third kappa shape index (κ3) is 4.49. The first kappa shape index (κ1) is 20.4. The van der Waals surface area contributed by atoms with Crippen molar-refractivity contribution in [2.24, 2.45) is 0 Å². The van der Waals surface area contributed by atoms with Crippen LogP contribution in [0.4, 0.5) is 5.69 Å². The Morgan fingerprint density at radius 2 is 1.70 bits per heavy atom. The molecule has 0 aliphatic carbocycles. The van der Waals surface area contributed by atoms with E-state index in [2.05, 4.69) is 35.6 Å². The molecular formula is C24H26N2O3S. The van der Waals surface area contributed by atoms with Crippen molar-refractivity contribution in [2.75, 3.05) is 23.1 Å². The van der Waals surface area contributed by atoms with Gasteiger partial charge in [0.1, 0.15) is 0 Å². The number of anilines is 1. The van der Waals surface area contributed by atoms with Gasteiger partial charge in [0.25, 0.3) is 5.91 Å². The Morgan fingerprint density at radius 1 is 0.933 bits per heavy atom. The molecule has 3 aromatic rings. The summed E-state index contributed by atoms with van der Waals surface area (Å²) in [6.45, 7) is 1.09. The van der Waals surface area contributed by atoms with Gasteiger partial charge >= 0.3 is 0 Å². The minimum Gasteiger partial charge on any atom is -0.352 e. The molecule has 0 unspecified atom stereocenters. The summed E-state index contributed by atoms with van der Waals surface area (Å²) in [5, 5.41) is 5.45. The van der Waals surface area contributed by atoms with E-state index in [0.29, 0.717) is 30.8 Å². The van der Waals surface area contributed by atoms with Gasteiger partial charge in [0.15, 0.2) is 0 Å². The molecule has 0 radical (unpaired) electrons. The van der Waals surface area contributed by atoms with Crippen molar-refractivity contribution in [1.82, 2.24) is 5.32 Å². The number of nitrogens with zero attached hydrogens (tertiary/aromatic N) is 1. The predicted octanol–water partition coefficient (Wildman–Crippen LogP) is 4.13. The molecule has 0 aromatic heterocycles. The Hall–Kier alpha value is -2.86. The third-order valence-electron chi connectivity index (χ3n) is 5.56. The van der Waals surface area contributed by atoms with Gasteiger partial charge in [-0.3, -0.25) is 9.10 Å². The average molecular weight is 423 g/mol. The molecule has 0 atom stereocenters. The van der Waals surface area contributed by atoms with Crippen molar-refractivity contribution in [1.29, 1.82) is 0 Å². The van der Waals surface area contributed by atoms with Crippen LogP contribution in [0.15, 0.2) is 66.7 Å². The minimum absolute atomic E-state index is 0.138. The molecule has 5 nitrogen and oxygen atoms in total. The highest BCUT2D eigenvalue weighted by atomic mass is 32.2. The summed E-state index contributed by atoms with van der Waals surface area (Å²) in [5.41, 5.74) is 2.45. The Balaban J connectivity index is 1.32. The van der Waals surface area contributed by atoms with Crippen LogP contribution in [0.1, 0.15) is 35.2 Å². The number of hydrogen-bond donors (Lipinski definition) is 1. The second-order valence-electron chi connectivity index (χ2n) is 7.64. The van der Waals surface area contributed by atoms with Crippen molar-refractivity contribution in [2.45, 2.75) is 25.7 Å². The molecule has 0 spiro atoms. The number of fused-ring (bicyclic) bond motifs is 1. The SMILES string of the molecule is O=C(NCCCc1cccc2ccccc12)c1ccc(N2CCCCS2(=O)=O)cc1. The van der Waals surface area contributed by atoms with E-state index in [1.807, 2.05) is 12.1 Å². The summed E-state index contributed by atoms with van der Waals surface area (Å²) in [5.74, 6) is 0.0485. The van der Waals surface area contributed by atoms with Crippen LogP contribution in [-0.2, 0) is 16.4 Å². The summed E-state index contributed by atoms with van der Waals surface area (Å²) in [6, 6.07) is 21.5. The smallest absolute Gasteiger partial charge is 0.251 e. The monoisotopic (exact) mass is 422 g/mol. The molecule has 1 fully saturated rings. The first-order chi connectivity index (χ1) is 14.5. The van der Waals surface area contributed by atoms with Crippen LogP contribution in [0.3, 0.4) is 0 Å². The van der Waals surface area contributed by atoms with Gasteiger partial charge in [0.2, 0.25) is 10.0 Å². The van der Waals surface area contributed by atoms with Crippen molar-refractivity contribution < 1.29 is 13.2 Å². The van der Waals surface area contributed by atoms with Crippen LogP contribution < -0.4 is 9.62 Å². The maximum absolute atomic E-state index is 12.4. The quantitative estimate of drug-likeness (QED) is 0.608. The van der Waals surface area contributed by atoms with Crippen LogP contribution in [0, 0.1) is 0 Å². The number of rotatable bonds is 6. The van der Waals surface area contributed by atoms with Gasteiger partial charge in [-0.05, 0) is 66.3 Å². The highest BCUT2D eigenvalue weighted by Crippen LogP contribution is 2.24. The molecule has 0 saturated carbocycles. The van der Waals surface area contributed by atoms with E-state index in [-0.39, 0.29) is 11.7 Å². The number of amides is 1. The molecule has 1 saturated heterocycles. The lowest BCUT2D eigenvalue weighted by Gasteiger charge is -2.28. The van der Waals surface area contributed by atoms with Crippen LogP contribution >= 0.6 is 0 Å². The molecule has 1 N–H and O–H groups in total. The van der Waals surface area contributed by atoms with Crippen LogP contribution in [-0.4, -0.2) is 33.2 Å². The molecule has 3 aromatic carbocycles. The summed E-state index contributed by atoms with van der Waals surface area (Å²) in [4.78, 5) is 12.4. The van der Waals surface area contributed by atoms with Gasteiger partial charge in [-0.1, -0.05) is 42.5 Å². The van der Waals surface area contributed by atoms with Gasteiger partial charge in [-0.25, -0.2) is 8.42 Å². The molecule has 30 heavy (non-hydrogen) atoms. The first-order valence-corrected chi connectivity index (χ1v) is 12.0. The Morgan fingerprint density at radius 3 is 2.50 bits per heavy atom. The fourth-order valence-corrected chi connectivity index (χ4v) is 5.59. The van der Waals surface area contributed by atoms with Crippen molar-refractivity contribution in [3.63, 3.8) is 0 Å². The molecule has 4 rings (SSSR count). The topological polar surface area (TPSA) is 66.5 Å². The molecule has 0 bridgehead atoms. The van der Waals surface area contributed by atoms with E-state index < -0.39 is 10.0 Å². The van der Waals surface area contributed by atoms with Gasteiger partial charge in [0, 0.05) is 18.7 Å². The number of nitrogens with one attached hydrogen (secondary N) is 1. The number of hydrogen-bond acceptors (Lipinski definition) is 3. The Kier molecular flexibility index (Phi) is 6.04. The van der Waals surface area contributed by atoms with E-state index in [4.69, 9.17) is 0 Å². The minimum atomic E-state index is -3.24. The largest absolute Gasteiger partial charge is 0.352 e. The first-order valence-electron chi connectivity index (χ1n) is 10.4. The second-order valence-corrected chi connectivity index (χ2v) is 9.65. The number of carbonyl (C=O) groups excluding carboxylic acids is 1. The zero-order valence-corrected chi connectivity index (χ0v) is 17.7. The van der Waals surface area contributed by atoms with Crippen LogP contribution in [0.5, 0.6) is 0 Å². The van der Waals surface area contributed by atoms with Crippen molar-refractivity contribution >= 4 is 32.4 Å². The van der Waals surface area contributed by atoms with Gasteiger partial charge in [0.05, 0.1) is 11.4 Å². The van der Waals surface area contributed by atoms with Crippen LogP contribution in [0.2, 0.25) is 0 Å². The standard InChI is InChI=1S/C24H26N2O3S/c27-24(21-12-14-22(15-13-21)26-17-3-4-18-30(26,28)29)25-16-6-10-20-9-5-8-19-7-1-2-11-23(19)20/h1-2,5,7-9,11-15H,3-4,6,10,16-18H2,(H,25,27). The van der Waals surface area contributed by atoms with E-state index in [1.54, 1.807) is 24.3 Å². The lowest BCUT2D eigenvalue weighted by Crippen LogP contribution is -2.37. The van der Waals surface area contributed by atoms with Crippen LogP contribution in [0.25, 0.3) is 10.8 Å². The molecule has 1 heterocycles. The predicted molar refractivity (Wildman–Crippen MR) is 121 cm³/mol. The number of aryl methyl sites for hydroxylation is 1. The number of carbonyl (C=O) groups is 1. The molecule has 1 aliphatic rings. The summed E-state index contributed by atoms with van der Waals surface area (Å²) in [6.07, 6.45) is 3.31. The fourth-order valence-electron chi connectivity index (χ4n) is 3.95. The normalized spacial score (nSPS) is 15.8. The van der Waals surface area contributed by atoms with E-state index in [9.17, 15) is 13.2 Å². The zero-order chi connectivity index (χ0) is 21.0. The zero-order valence-electron chi connectivity index (χ0n) is 16.9. The molecule has 1 amide bonds. The van der Waals surface area contributed by atoms with Gasteiger partial charge in [-0.2, -0.15) is 0 Å². The van der Waals surface area contributed by atoms with Crippen molar-refractivity contribution in [3.8, 4) is 0 Å². The highest BCUT2D eigenvalue weighted by Gasteiger charge is 2.25. The maximum atomic E-state index is 12.4. The molecular weight excluding hydrogens is 396 g/mol. The third-order valence-corrected chi connectivity index (χ3v) is 7.42. The lowest BCUT2D eigenvalue weighted by atomic mass is 10.0. The van der Waals surface area contributed by atoms with E-state index >= 15 is 0 Å². The van der Waals surface area contributed by atoms with Gasteiger partial charge in [-0.15, -0.1) is 0 Å². The van der Waals surface area contributed by atoms with Gasteiger partial charge < -0.3 is 5.32 Å². The average Bonchev–Trinajstić information content (AvgIpc) is 2.76. The second kappa shape index (κ2) is 8.88. The summed E-state index contributed by atoms with van der Waals surface area (Å²) >= 11 is 0. The maximum Gasteiger partial charge on any atom is 0.251 e. The summed E-state index contributed by atoms with van der Waals surface area (Å²) < 4.78 is 25.9.